The summed E-state index contributed by atoms with van der Waals surface area (Å²) in [5, 5.41) is 1.61. The monoisotopic (exact) mass is 447 g/mol. The van der Waals surface area contributed by atoms with E-state index in [-0.39, 0.29) is 0 Å². The van der Waals surface area contributed by atoms with Crippen molar-refractivity contribution < 1.29 is 8.42 Å². The van der Waals surface area contributed by atoms with Crippen LogP contribution in [0.25, 0.3) is 10.2 Å². The number of rotatable bonds is 3. The zero-order valence-electron chi connectivity index (χ0n) is 13.8. The fourth-order valence-electron chi connectivity index (χ4n) is 2.91. The lowest BCUT2D eigenvalue weighted by atomic mass is 10.2. The molecule has 1 aliphatic heterocycles. The van der Waals surface area contributed by atoms with Gasteiger partial charge in [-0.15, -0.1) is 11.3 Å². The standard InChI is InChI=1S/C16H15Cl2N3O2S3/c1-10-11(17)2-3-12-15(10)19-16(24-12)20-6-8-21(9-7-20)26(22,23)14-5-4-13(18)25-14/h2-5H,6-9H2,1H3. The molecule has 1 aromatic carbocycles. The molecule has 0 aliphatic carbocycles. The number of nitrogens with zero attached hydrogens (tertiary/aromatic N) is 3. The lowest BCUT2D eigenvalue weighted by Crippen LogP contribution is -2.48. The third kappa shape index (κ3) is 3.23. The van der Waals surface area contributed by atoms with Crippen molar-refractivity contribution in [1.29, 1.82) is 0 Å². The summed E-state index contributed by atoms with van der Waals surface area (Å²) in [6.07, 6.45) is 0. The normalized spacial score (nSPS) is 16.5. The van der Waals surface area contributed by atoms with Crippen LogP contribution < -0.4 is 4.90 Å². The Morgan fingerprint density at radius 3 is 2.42 bits per heavy atom. The van der Waals surface area contributed by atoms with Crippen LogP contribution in [0.5, 0.6) is 0 Å². The second-order valence-electron chi connectivity index (χ2n) is 5.97. The number of piperazine rings is 1. The first-order valence-electron chi connectivity index (χ1n) is 7.92. The molecule has 3 heterocycles. The van der Waals surface area contributed by atoms with E-state index >= 15 is 0 Å². The highest BCUT2D eigenvalue weighted by Gasteiger charge is 2.30. The molecular weight excluding hydrogens is 433 g/mol. The first kappa shape index (κ1) is 18.5. The average molecular weight is 448 g/mol. The van der Waals surface area contributed by atoms with Crippen LogP contribution >= 0.6 is 45.9 Å². The molecule has 138 valence electrons. The Balaban J connectivity index is 1.53. The van der Waals surface area contributed by atoms with Crippen molar-refractivity contribution in [3.63, 3.8) is 0 Å². The molecule has 0 spiro atoms. The van der Waals surface area contributed by atoms with Crippen LogP contribution in [0, 0.1) is 6.92 Å². The van der Waals surface area contributed by atoms with Gasteiger partial charge in [0.1, 0.15) is 4.21 Å². The van der Waals surface area contributed by atoms with Gasteiger partial charge in [-0.3, -0.25) is 0 Å². The van der Waals surface area contributed by atoms with Crippen LogP contribution in [0.2, 0.25) is 9.36 Å². The molecule has 10 heteroatoms. The van der Waals surface area contributed by atoms with E-state index in [9.17, 15) is 8.42 Å². The van der Waals surface area contributed by atoms with E-state index in [0.717, 1.165) is 32.2 Å². The third-order valence-electron chi connectivity index (χ3n) is 4.39. The summed E-state index contributed by atoms with van der Waals surface area (Å²) >= 11 is 14.8. The van der Waals surface area contributed by atoms with E-state index < -0.39 is 10.0 Å². The Morgan fingerprint density at radius 2 is 1.77 bits per heavy atom. The molecule has 1 aliphatic rings. The fraction of sp³-hybridized carbons (Fsp3) is 0.312. The number of thiazole rings is 1. The number of fused-ring (bicyclic) bond motifs is 1. The minimum atomic E-state index is -3.48. The largest absolute Gasteiger partial charge is 0.345 e. The zero-order valence-corrected chi connectivity index (χ0v) is 17.7. The van der Waals surface area contributed by atoms with Gasteiger partial charge in [0.05, 0.1) is 14.6 Å². The minimum Gasteiger partial charge on any atom is -0.345 e. The Labute approximate surface area is 169 Å². The number of aromatic nitrogens is 1. The van der Waals surface area contributed by atoms with E-state index in [2.05, 4.69) is 4.90 Å². The van der Waals surface area contributed by atoms with Gasteiger partial charge < -0.3 is 4.90 Å². The van der Waals surface area contributed by atoms with Crippen molar-refractivity contribution in [2.75, 3.05) is 31.1 Å². The summed E-state index contributed by atoms with van der Waals surface area (Å²) < 4.78 is 28.8. The van der Waals surface area contributed by atoms with Crippen molar-refractivity contribution in [2.45, 2.75) is 11.1 Å². The number of sulfonamides is 1. The van der Waals surface area contributed by atoms with Crippen LogP contribution in [0.3, 0.4) is 0 Å². The van der Waals surface area contributed by atoms with Gasteiger partial charge in [0.25, 0.3) is 10.0 Å². The predicted molar refractivity (Wildman–Crippen MR) is 110 cm³/mol. The smallest absolute Gasteiger partial charge is 0.252 e. The Kier molecular flexibility index (Phi) is 4.92. The van der Waals surface area contributed by atoms with Crippen LogP contribution in [-0.4, -0.2) is 43.9 Å². The first-order chi connectivity index (χ1) is 12.4. The number of thiophene rings is 1. The summed E-state index contributed by atoms with van der Waals surface area (Å²) in [4.78, 5) is 6.85. The van der Waals surface area contributed by atoms with Crippen molar-refractivity contribution in [2.24, 2.45) is 0 Å². The molecule has 0 bridgehead atoms. The highest BCUT2D eigenvalue weighted by Crippen LogP contribution is 2.34. The van der Waals surface area contributed by atoms with Crippen molar-refractivity contribution in [3.8, 4) is 0 Å². The molecule has 0 radical (unpaired) electrons. The minimum absolute atomic E-state index is 0.293. The van der Waals surface area contributed by atoms with E-state index in [1.54, 1.807) is 23.5 Å². The van der Waals surface area contributed by atoms with E-state index in [4.69, 9.17) is 28.2 Å². The van der Waals surface area contributed by atoms with Gasteiger partial charge >= 0.3 is 0 Å². The van der Waals surface area contributed by atoms with Crippen molar-refractivity contribution in [1.82, 2.24) is 9.29 Å². The summed E-state index contributed by atoms with van der Waals surface area (Å²) in [5.41, 5.74) is 1.89. The van der Waals surface area contributed by atoms with Gasteiger partial charge in [-0.2, -0.15) is 4.31 Å². The maximum Gasteiger partial charge on any atom is 0.252 e. The molecule has 0 saturated carbocycles. The first-order valence-corrected chi connectivity index (χ1v) is 11.8. The quantitative estimate of drug-likeness (QED) is 0.593. The summed E-state index contributed by atoms with van der Waals surface area (Å²) in [7, 11) is -3.48. The molecule has 4 rings (SSSR count). The maximum atomic E-state index is 12.7. The van der Waals surface area contributed by atoms with Gasteiger partial charge in [-0.05, 0) is 36.8 Å². The van der Waals surface area contributed by atoms with Gasteiger partial charge in [-0.1, -0.05) is 34.5 Å². The second-order valence-corrected chi connectivity index (χ2v) is 11.3. The maximum absolute atomic E-state index is 12.7. The molecule has 0 N–H and O–H groups in total. The number of anilines is 1. The highest BCUT2D eigenvalue weighted by atomic mass is 35.5. The van der Waals surface area contributed by atoms with Gasteiger partial charge in [0.2, 0.25) is 0 Å². The summed E-state index contributed by atoms with van der Waals surface area (Å²) in [6, 6.07) is 7.05. The average Bonchev–Trinajstić information content (AvgIpc) is 3.25. The predicted octanol–water partition coefficient (Wildman–Crippen LogP) is 4.48. The van der Waals surface area contributed by atoms with Gasteiger partial charge in [0.15, 0.2) is 5.13 Å². The van der Waals surface area contributed by atoms with Crippen molar-refractivity contribution >= 4 is 71.2 Å². The SMILES string of the molecule is Cc1c(Cl)ccc2sc(N3CCN(S(=O)(=O)c4ccc(Cl)s4)CC3)nc12. The van der Waals surface area contributed by atoms with Crippen LogP contribution in [0.15, 0.2) is 28.5 Å². The van der Waals surface area contributed by atoms with E-state index in [1.807, 2.05) is 19.1 Å². The third-order valence-corrected chi connectivity index (χ3v) is 9.48. The van der Waals surface area contributed by atoms with Crippen LogP contribution in [-0.2, 0) is 10.0 Å². The highest BCUT2D eigenvalue weighted by molar-refractivity contribution is 7.91. The molecule has 5 nitrogen and oxygen atoms in total. The van der Waals surface area contributed by atoms with Crippen LogP contribution in [0.4, 0.5) is 5.13 Å². The molecule has 26 heavy (non-hydrogen) atoms. The molecule has 0 atom stereocenters. The molecule has 0 amide bonds. The number of aryl methyl sites for hydroxylation is 1. The molecule has 1 fully saturated rings. The van der Waals surface area contributed by atoms with E-state index in [0.29, 0.717) is 39.7 Å². The molecule has 1 saturated heterocycles. The fourth-order valence-corrected chi connectivity index (χ4v) is 7.20. The number of halogens is 2. The molecule has 2 aromatic heterocycles. The van der Waals surface area contributed by atoms with Crippen LogP contribution in [0.1, 0.15) is 5.56 Å². The zero-order chi connectivity index (χ0) is 18.5. The van der Waals surface area contributed by atoms with E-state index in [1.165, 1.54) is 4.31 Å². The molecule has 3 aromatic rings. The van der Waals surface area contributed by atoms with Gasteiger partial charge in [0, 0.05) is 31.2 Å². The van der Waals surface area contributed by atoms with Gasteiger partial charge in [-0.25, -0.2) is 13.4 Å². The topological polar surface area (TPSA) is 53.5 Å². The second kappa shape index (κ2) is 6.92. The lowest BCUT2D eigenvalue weighted by Gasteiger charge is -2.33. The molecular formula is C16H15Cl2N3O2S3. The number of benzene rings is 1. The Bertz CT molecular complexity index is 1070. The number of hydrogen-bond donors (Lipinski definition) is 0. The Hall–Kier alpha value is -0.900. The lowest BCUT2D eigenvalue weighted by molar-refractivity contribution is 0.386. The summed E-state index contributed by atoms with van der Waals surface area (Å²) in [5.74, 6) is 0. The Morgan fingerprint density at radius 1 is 1.04 bits per heavy atom. The number of hydrogen-bond acceptors (Lipinski definition) is 6. The van der Waals surface area contributed by atoms with Crippen molar-refractivity contribution in [3.05, 3.63) is 39.2 Å². The summed E-state index contributed by atoms with van der Waals surface area (Å²) in [6.45, 7) is 4.02. The molecule has 0 unspecified atom stereocenters.